The average Bonchev–Trinajstić information content (AvgIpc) is 2.56. The first-order valence-electron chi connectivity index (χ1n) is 6.68. The van der Waals surface area contributed by atoms with Gasteiger partial charge < -0.3 is 0 Å². The topological polar surface area (TPSA) is 64.7 Å². The molecule has 0 aliphatic rings. The number of ketones is 1. The quantitative estimate of drug-likeness (QED) is 0.781. The predicted octanol–water partition coefficient (Wildman–Crippen LogP) is 3.71. The highest BCUT2D eigenvalue weighted by molar-refractivity contribution is 5.96. The number of carbonyl (C=O) groups is 1. The normalized spacial score (nSPS) is 11.4. The highest BCUT2D eigenvalue weighted by atomic mass is 16.1. The second-order valence-electron chi connectivity index (χ2n) is 4.75. The Balaban J connectivity index is 2.28. The smallest absolute Gasteiger partial charge is 0.163 e. The van der Waals surface area contributed by atoms with Gasteiger partial charge in [-0.3, -0.25) is 4.79 Å². The molecule has 3 nitrogen and oxygen atoms in total. The molecule has 1 atom stereocenters. The third-order valence-electron chi connectivity index (χ3n) is 3.41. The summed E-state index contributed by atoms with van der Waals surface area (Å²) in [5.74, 6) is -1.30. The summed E-state index contributed by atoms with van der Waals surface area (Å²) in [4.78, 5) is 12.3. The molecule has 0 aliphatic heterocycles. The standard InChI is InChI=1S/C18H14N2O/c19-12-16(13-20)17(14-7-3-1-4-8-14)11-18(21)15-9-5-2-6-10-15/h1-10,16-17H,11H2/t17-/m0/s1. The molecule has 0 bridgehead atoms. The van der Waals surface area contributed by atoms with E-state index in [1.54, 1.807) is 24.3 Å². The van der Waals surface area contributed by atoms with Crippen molar-refractivity contribution in [3.63, 3.8) is 0 Å². The summed E-state index contributed by atoms with van der Waals surface area (Å²) in [6, 6.07) is 22.2. The SMILES string of the molecule is N#CC(C#N)[C@@H](CC(=O)c1ccccc1)c1ccccc1. The Kier molecular flexibility index (Phi) is 4.85. The Bertz CT molecular complexity index is 667. The van der Waals surface area contributed by atoms with Crippen molar-refractivity contribution in [2.75, 3.05) is 0 Å². The third-order valence-corrected chi connectivity index (χ3v) is 3.41. The van der Waals surface area contributed by atoms with Gasteiger partial charge in [0, 0.05) is 17.9 Å². The van der Waals surface area contributed by atoms with Crippen LogP contribution in [-0.4, -0.2) is 5.78 Å². The molecule has 0 unspecified atom stereocenters. The minimum atomic E-state index is -0.833. The summed E-state index contributed by atoms with van der Waals surface area (Å²) in [6.07, 6.45) is 0.153. The molecule has 3 heteroatoms. The molecular weight excluding hydrogens is 260 g/mol. The summed E-state index contributed by atoms with van der Waals surface area (Å²) in [6.45, 7) is 0. The lowest BCUT2D eigenvalue weighted by Gasteiger charge is -2.17. The van der Waals surface area contributed by atoms with Crippen LogP contribution in [-0.2, 0) is 0 Å². The van der Waals surface area contributed by atoms with E-state index in [1.807, 2.05) is 48.5 Å². The van der Waals surface area contributed by atoms with Crippen LogP contribution < -0.4 is 0 Å². The molecule has 0 aliphatic carbocycles. The van der Waals surface area contributed by atoms with Gasteiger partial charge >= 0.3 is 0 Å². The van der Waals surface area contributed by atoms with Gasteiger partial charge in [-0.15, -0.1) is 0 Å². The number of nitrogens with zero attached hydrogens (tertiary/aromatic N) is 2. The first-order valence-corrected chi connectivity index (χ1v) is 6.68. The fourth-order valence-electron chi connectivity index (χ4n) is 2.28. The van der Waals surface area contributed by atoms with Crippen molar-refractivity contribution in [1.29, 1.82) is 10.5 Å². The molecule has 102 valence electrons. The first-order chi connectivity index (χ1) is 10.3. The Morgan fingerprint density at radius 1 is 0.905 bits per heavy atom. The van der Waals surface area contributed by atoms with Crippen molar-refractivity contribution >= 4 is 5.78 Å². The van der Waals surface area contributed by atoms with Crippen molar-refractivity contribution in [2.45, 2.75) is 12.3 Å². The predicted molar refractivity (Wildman–Crippen MR) is 79.3 cm³/mol. The zero-order chi connectivity index (χ0) is 15.1. The number of hydrogen-bond donors (Lipinski definition) is 0. The van der Waals surface area contributed by atoms with Gasteiger partial charge in [-0.25, -0.2) is 0 Å². The first kappa shape index (κ1) is 14.5. The molecule has 0 amide bonds. The summed E-state index contributed by atoms with van der Waals surface area (Å²) in [5.41, 5.74) is 1.45. The fourth-order valence-corrected chi connectivity index (χ4v) is 2.28. The molecule has 0 saturated heterocycles. The van der Waals surface area contributed by atoms with Gasteiger partial charge in [0.1, 0.15) is 5.92 Å². The number of benzene rings is 2. The van der Waals surface area contributed by atoms with E-state index in [4.69, 9.17) is 10.5 Å². The van der Waals surface area contributed by atoms with Crippen molar-refractivity contribution in [3.05, 3.63) is 71.8 Å². The zero-order valence-electron chi connectivity index (χ0n) is 11.4. The van der Waals surface area contributed by atoms with Crippen LogP contribution in [0.3, 0.4) is 0 Å². The van der Waals surface area contributed by atoms with Crippen LogP contribution >= 0.6 is 0 Å². The number of nitriles is 2. The van der Waals surface area contributed by atoms with Gasteiger partial charge in [-0.1, -0.05) is 60.7 Å². The number of carbonyl (C=O) groups excluding carboxylic acids is 1. The lowest BCUT2D eigenvalue weighted by molar-refractivity contribution is 0.0971. The summed E-state index contributed by atoms with van der Waals surface area (Å²) >= 11 is 0. The van der Waals surface area contributed by atoms with Crippen LogP contribution in [0.4, 0.5) is 0 Å². The van der Waals surface area contributed by atoms with Crippen LogP contribution in [0.15, 0.2) is 60.7 Å². The highest BCUT2D eigenvalue weighted by Crippen LogP contribution is 2.29. The van der Waals surface area contributed by atoms with Gasteiger partial charge in [0.05, 0.1) is 12.1 Å². The Morgan fingerprint density at radius 2 is 1.43 bits per heavy atom. The van der Waals surface area contributed by atoms with Gasteiger partial charge in [0.15, 0.2) is 5.78 Å². The lowest BCUT2D eigenvalue weighted by Crippen LogP contribution is -2.15. The van der Waals surface area contributed by atoms with E-state index < -0.39 is 11.8 Å². The fraction of sp³-hybridized carbons (Fsp3) is 0.167. The summed E-state index contributed by atoms with van der Waals surface area (Å²) in [7, 11) is 0. The van der Waals surface area contributed by atoms with Crippen LogP contribution in [0.5, 0.6) is 0 Å². The largest absolute Gasteiger partial charge is 0.294 e. The maximum atomic E-state index is 12.3. The van der Waals surface area contributed by atoms with Crippen LogP contribution in [0, 0.1) is 28.6 Å². The van der Waals surface area contributed by atoms with Crippen molar-refractivity contribution < 1.29 is 4.79 Å². The van der Waals surface area contributed by atoms with Gasteiger partial charge in [-0.2, -0.15) is 10.5 Å². The molecule has 0 heterocycles. The maximum absolute atomic E-state index is 12.3. The molecule has 0 N–H and O–H groups in total. The summed E-state index contributed by atoms with van der Waals surface area (Å²) in [5, 5.41) is 18.3. The molecule has 2 rings (SSSR count). The monoisotopic (exact) mass is 274 g/mol. The molecule has 0 fully saturated rings. The van der Waals surface area contributed by atoms with Gasteiger partial charge in [0.2, 0.25) is 0 Å². The molecule has 0 spiro atoms. The molecular formula is C18H14N2O. The van der Waals surface area contributed by atoms with Crippen LogP contribution in [0.2, 0.25) is 0 Å². The van der Waals surface area contributed by atoms with E-state index in [0.29, 0.717) is 5.56 Å². The molecule has 0 aromatic heterocycles. The van der Waals surface area contributed by atoms with Crippen LogP contribution in [0.1, 0.15) is 28.3 Å². The Morgan fingerprint density at radius 3 is 1.95 bits per heavy atom. The molecule has 2 aromatic rings. The number of Topliss-reactive ketones (excluding diaryl/α,β-unsaturated/α-hetero) is 1. The summed E-state index contributed by atoms with van der Waals surface area (Å²) < 4.78 is 0. The second kappa shape index (κ2) is 7.03. The highest BCUT2D eigenvalue weighted by Gasteiger charge is 2.26. The van der Waals surface area contributed by atoms with Crippen molar-refractivity contribution in [3.8, 4) is 12.1 Å². The molecule has 0 radical (unpaired) electrons. The van der Waals surface area contributed by atoms with Gasteiger partial charge in [-0.05, 0) is 5.56 Å². The van der Waals surface area contributed by atoms with E-state index in [1.165, 1.54) is 0 Å². The van der Waals surface area contributed by atoms with E-state index >= 15 is 0 Å². The minimum absolute atomic E-state index is 0.0556. The van der Waals surface area contributed by atoms with Crippen LogP contribution in [0.25, 0.3) is 0 Å². The second-order valence-corrected chi connectivity index (χ2v) is 4.75. The molecule has 0 saturated carbocycles. The van der Waals surface area contributed by atoms with E-state index in [2.05, 4.69) is 0 Å². The zero-order valence-corrected chi connectivity index (χ0v) is 11.4. The minimum Gasteiger partial charge on any atom is -0.294 e. The maximum Gasteiger partial charge on any atom is 0.163 e. The average molecular weight is 274 g/mol. The Labute approximate surface area is 124 Å². The lowest BCUT2D eigenvalue weighted by atomic mass is 9.83. The molecule has 2 aromatic carbocycles. The van der Waals surface area contributed by atoms with E-state index in [9.17, 15) is 4.79 Å². The van der Waals surface area contributed by atoms with Crippen molar-refractivity contribution in [1.82, 2.24) is 0 Å². The number of hydrogen-bond acceptors (Lipinski definition) is 3. The third kappa shape index (κ3) is 3.55. The van der Waals surface area contributed by atoms with Gasteiger partial charge in [0.25, 0.3) is 0 Å². The number of rotatable bonds is 5. The molecule has 21 heavy (non-hydrogen) atoms. The van der Waals surface area contributed by atoms with E-state index in [-0.39, 0.29) is 12.2 Å². The van der Waals surface area contributed by atoms with Crippen molar-refractivity contribution in [2.24, 2.45) is 5.92 Å². The van der Waals surface area contributed by atoms with E-state index in [0.717, 1.165) is 5.56 Å². The Hall–Kier alpha value is -2.91.